The lowest BCUT2D eigenvalue weighted by atomic mass is 10.00. The van der Waals surface area contributed by atoms with Gasteiger partial charge in [-0.15, -0.1) is 11.3 Å². The van der Waals surface area contributed by atoms with Crippen LogP contribution >= 0.6 is 22.9 Å². The fourth-order valence-electron chi connectivity index (χ4n) is 2.19. The Morgan fingerprint density at radius 2 is 2.10 bits per heavy atom. The van der Waals surface area contributed by atoms with E-state index in [4.69, 9.17) is 11.6 Å². The van der Waals surface area contributed by atoms with Crippen molar-refractivity contribution < 1.29 is 4.39 Å². The molecule has 2 rings (SSSR count). The van der Waals surface area contributed by atoms with Crippen molar-refractivity contribution in [2.24, 2.45) is 0 Å². The van der Waals surface area contributed by atoms with Crippen LogP contribution < -0.4 is 5.32 Å². The Kier molecular flexibility index (Phi) is 5.58. The molecule has 0 radical (unpaired) electrons. The topological polar surface area (TPSA) is 12.0 Å². The van der Waals surface area contributed by atoms with Crippen LogP contribution in [0.1, 0.15) is 35.4 Å². The van der Waals surface area contributed by atoms with E-state index < -0.39 is 0 Å². The number of hydrogen-bond acceptors (Lipinski definition) is 2. The van der Waals surface area contributed by atoms with Gasteiger partial charge >= 0.3 is 0 Å². The molecule has 1 nitrogen and oxygen atoms in total. The Balaban J connectivity index is 2.21. The van der Waals surface area contributed by atoms with E-state index >= 15 is 0 Å². The van der Waals surface area contributed by atoms with Crippen LogP contribution in [0.4, 0.5) is 4.39 Å². The zero-order valence-corrected chi connectivity index (χ0v) is 13.3. The first-order valence-electron chi connectivity index (χ1n) is 6.83. The van der Waals surface area contributed by atoms with Gasteiger partial charge in [0, 0.05) is 10.9 Å². The van der Waals surface area contributed by atoms with Gasteiger partial charge in [0.05, 0.1) is 4.34 Å². The summed E-state index contributed by atoms with van der Waals surface area (Å²) in [4.78, 5) is 1.20. The summed E-state index contributed by atoms with van der Waals surface area (Å²) in [5, 5.41) is 3.52. The van der Waals surface area contributed by atoms with Gasteiger partial charge < -0.3 is 5.32 Å². The summed E-state index contributed by atoms with van der Waals surface area (Å²) < 4.78 is 14.2. The Morgan fingerprint density at radius 1 is 1.30 bits per heavy atom. The first-order valence-corrected chi connectivity index (χ1v) is 8.03. The molecular formula is C16H19ClFNS. The Hall–Kier alpha value is -0.900. The quantitative estimate of drug-likeness (QED) is 0.779. The van der Waals surface area contributed by atoms with Gasteiger partial charge in [0.1, 0.15) is 5.82 Å². The molecule has 0 amide bonds. The van der Waals surface area contributed by atoms with Crippen LogP contribution in [0.2, 0.25) is 4.34 Å². The lowest BCUT2D eigenvalue weighted by Gasteiger charge is -2.18. The van der Waals surface area contributed by atoms with Crippen LogP contribution in [0.25, 0.3) is 0 Å². The van der Waals surface area contributed by atoms with Crippen molar-refractivity contribution in [2.45, 2.75) is 32.7 Å². The summed E-state index contributed by atoms with van der Waals surface area (Å²) >= 11 is 7.61. The number of rotatable bonds is 6. The molecule has 1 aromatic heterocycles. The van der Waals surface area contributed by atoms with E-state index in [9.17, 15) is 4.39 Å². The van der Waals surface area contributed by atoms with E-state index in [2.05, 4.69) is 18.3 Å². The highest BCUT2D eigenvalue weighted by molar-refractivity contribution is 7.16. The van der Waals surface area contributed by atoms with Gasteiger partial charge in [-0.25, -0.2) is 4.39 Å². The minimum Gasteiger partial charge on any atom is -0.309 e. The van der Waals surface area contributed by atoms with Gasteiger partial charge in [-0.3, -0.25) is 0 Å². The molecule has 0 aliphatic heterocycles. The Bertz CT molecular complexity index is 567. The molecule has 0 fully saturated rings. The second kappa shape index (κ2) is 7.21. The highest BCUT2D eigenvalue weighted by atomic mass is 35.5. The molecule has 0 aliphatic rings. The highest BCUT2D eigenvalue weighted by Gasteiger charge is 2.15. The average Bonchev–Trinajstić information content (AvgIpc) is 2.85. The van der Waals surface area contributed by atoms with Crippen LogP contribution in [0.15, 0.2) is 30.3 Å². The van der Waals surface area contributed by atoms with Gasteiger partial charge in [-0.05, 0) is 61.7 Å². The number of benzene rings is 1. The van der Waals surface area contributed by atoms with Crippen molar-refractivity contribution in [1.29, 1.82) is 0 Å². The van der Waals surface area contributed by atoms with E-state index in [-0.39, 0.29) is 11.9 Å². The number of nitrogens with one attached hydrogen (secondary N) is 1. The molecule has 0 saturated heterocycles. The van der Waals surface area contributed by atoms with Gasteiger partial charge in [0.25, 0.3) is 0 Å². The predicted molar refractivity (Wildman–Crippen MR) is 85.2 cm³/mol. The van der Waals surface area contributed by atoms with Crippen LogP contribution in [-0.4, -0.2) is 6.54 Å². The second-order valence-corrected chi connectivity index (χ2v) is 6.67. The molecule has 1 unspecified atom stereocenters. The first kappa shape index (κ1) is 15.5. The zero-order valence-electron chi connectivity index (χ0n) is 11.7. The summed E-state index contributed by atoms with van der Waals surface area (Å²) in [5.74, 6) is -0.177. The van der Waals surface area contributed by atoms with Crippen LogP contribution in [0.3, 0.4) is 0 Å². The molecule has 1 N–H and O–H groups in total. The fraction of sp³-hybridized carbons (Fsp3) is 0.375. The molecule has 0 bridgehead atoms. The normalized spacial score (nSPS) is 12.6. The molecule has 1 heterocycles. The summed E-state index contributed by atoms with van der Waals surface area (Å²) in [5.41, 5.74) is 2.17. The van der Waals surface area contributed by atoms with Crippen LogP contribution in [0.5, 0.6) is 0 Å². The summed E-state index contributed by atoms with van der Waals surface area (Å²) in [6.07, 6.45) is 1.85. The molecule has 108 valence electrons. The molecule has 2 aromatic rings. The van der Waals surface area contributed by atoms with E-state index in [0.29, 0.717) is 0 Å². The lowest BCUT2D eigenvalue weighted by molar-refractivity contribution is 0.533. The summed E-state index contributed by atoms with van der Waals surface area (Å²) in [6.45, 7) is 5.10. The SMILES string of the molecule is CCCNC(Cc1cc(F)ccc1C)c1ccc(Cl)s1. The maximum absolute atomic E-state index is 13.4. The molecule has 1 atom stereocenters. The minimum atomic E-state index is -0.177. The third kappa shape index (κ3) is 4.05. The fourth-order valence-corrected chi connectivity index (χ4v) is 3.32. The van der Waals surface area contributed by atoms with Crippen LogP contribution in [0, 0.1) is 12.7 Å². The molecule has 0 saturated carbocycles. The summed E-state index contributed by atoms with van der Waals surface area (Å²) in [6, 6.07) is 9.13. The number of hydrogen-bond donors (Lipinski definition) is 1. The molecule has 0 spiro atoms. The number of halogens is 2. The van der Waals surface area contributed by atoms with Crippen molar-refractivity contribution in [1.82, 2.24) is 5.32 Å². The second-order valence-electron chi connectivity index (χ2n) is 4.92. The maximum Gasteiger partial charge on any atom is 0.123 e. The van der Waals surface area contributed by atoms with Gasteiger partial charge in [-0.1, -0.05) is 24.6 Å². The monoisotopic (exact) mass is 311 g/mol. The maximum atomic E-state index is 13.4. The molecule has 20 heavy (non-hydrogen) atoms. The van der Waals surface area contributed by atoms with Crippen molar-refractivity contribution in [3.8, 4) is 0 Å². The first-order chi connectivity index (χ1) is 9.60. The van der Waals surface area contributed by atoms with E-state index in [0.717, 1.165) is 34.8 Å². The van der Waals surface area contributed by atoms with Crippen molar-refractivity contribution in [3.05, 3.63) is 56.5 Å². The third-order valence-corrected chi connectivity index (χ3v) is 4.66. The third-order valence-electron chi connectivity index (χ3n) is 3.31. The standard InChI is InChI=1S/C16H19ClFNS/c1-3-8-19-14(15-6-7-16(17)20-15)10-12-9-13(18)5-4-11(12)2/h4-7,9,14,19H,3,8,10H2,1-2H3. The van der Waals surface area contributed by atoms with E-state index in [1.54, 1.807) is 17.4 Å². The van der Waals surface area contributed by atoms with Crippen molar-refractivity contribution in [2.75, 3.05) is 6.54 Å². The predicted octanol–water partition coefficient (Wildman–Crippen LogP) is 5.13. The van der Waals surface area contributed by atoms with Crippen LogP contribution in [-0.2, 0) is 6.42 Å². The lowest BCUT2D eigenvalue weighted by Crippen LogP contribution is -2.23. The number of thiophene rings is 1. The minimum absolute atomic E-state index is 0.177. The largest absolute Gasteiger partial charge is 0.309 e. The average molecular weight is 312 g/mol. The van der Waals surface area contributed by atoms with Crippen molar-refractivity contribution in [3.63, 3.8) is 0 Å². The molecule has 1 aromatic carbocycles. The number of aryl methyl sites for hydroxylation is 1. The van der Waals surface area contributed by atoms with Gasteiger partial charge in [-0.2, -0.15) is 0 Å². The van der Waals surface area contributed by atoms with E-state index in [1.165, 1.54) is 10.9 Å². The Morgan fingerprint density at radius 3 is 2.75 bits per heavy atom. The smallest absolute Gasteiger partial charge is 0.123 e. The molecule has 0 aliphatic carbocycles. The zero-order chi connectivity index (χ0) is 14.5. The Labute approximate surface area is 128 Å². The van der Waals surface area contributed by atoms with Gasteiger partial charge in [0.15, 0.2) is 0 Å². The highest BCUT2D eigenvalue weighted by Crippen LogP contribution is 2.29. The van der Waals surface area contributed by atoms with Crippen molar-refractivity contribution >= 4 is 22.9 Å². The van der Waals surface area contributed by atoms with E-state index in [1.807, 2.05) is 19.1 Å². The summed E-state index contributed by atoms with van der Waals surface area (Å²) in [7, 11) is 0. The molecular weight excluding hydrogens is 293 g/mol. The molecule has 4 heteroatoms. The van der Waals surface area contributed by atoms with Gasteiger partial charge in [0.2, 0.25) is 0 Å².